The number of halogens is 1. The lowest BCUT2D eigenvalue weighted by molar-refractivity contribution is 0.142. The molecule has 2 aromatic heterocycles. The van der Waals surface area contributed by atoms with Crippen molar-refractivity contribution in [1.82, 2.24) is 24.4 Å². The van der Waals surface area contributed by atoms with Crippen LogP contribution in [0.15, 0.2) is 59.4 Å². The number of rotatable bonds is 6. The number of aromatic nitrogens is 3. The van der Waals surface area contributed by atoms with Gasteiger partial charge in [0, 0.05) is 49.4 Å². The van der Waals surface area contributed by atoms with Crippen LogP contribution >= 0.6 is 22.9 Å². The highest BCUT2D eigenvalue weighted by Gasteiger charge is 2.23. The number of hydrogen-bond donors (Lipinski definition) is 1. The van der Waals surface area contributed by atoms with E-state index in [4.69, 9.17) is 16.3 Å². The van der Waals surface area contributed by atoms with E-state index >= 15 is 0 Å². The molecule has 5 rings (SSSR count). The van der Waals surface area contributed by atoms with Gasteiger partial charge in [0.25, 0.3) is 5.56 Å². The zero-order valence-electron chi connectivity index (χ0n) is 19.7. The maximum absolute atomic E-state index is 12.8. The molecule has 0 atom stereocenters. The van der Waals surface area contributed by atoms with E-state index in [2.05, 4.69) is 20.3 Å². The molecule has 0 radical (unpaired) electrons. The van der Waals surface area contributed by atoms with Crippen molar-refractivity contribution in [3.05, 3.63) is 75.7 Å². The lowest BCUT2D eigenvalue weighted by Crippen LogP contribution is -2.49. The van der Waals surface area contributed by atoms with Crippen LogP contribution in [0.3, 0.4) is 0 Å². The van der Waals surface area contributed by atoms with Crippen molar-refractivity contribution in [2.24, 2.45) is 0 Å². The van der Waals surface area contributed by atoms with Crippen LogP contribution in [0.25, 0.3) is 15.5 Å². The van der Waals surface area contributed by atoms with Gasteiger partial charge in [-0.2, -0.15) is 9.61 Å². The summed E-state index contributed by atoms with van der Waals surface area (Å²) in [5, 5.41) is 8.73. The van der Waals surface area contributed by atoms with Gasteiger partial charge >= 0.3 is 6.03 Å². The first-order valence-electron chi connectivity index (χ1n) is 11.7. The number of carbonyl (C=O) groups excluding carboxylic acids is 1. The Morgan fingerprint density at radius 3 is 2.61 bits per heavy atom. The standard InChI is InChI=1S/C25H25ClN6O3S/c1-2-35-21-6-4-3-5-20(21)28-24(34)31-13-11-30(12-14-31)16-19-15-22(33)32-25(27-19)36-23(29-32)17-7-9-18(26)10-8-17/h3-10,15H,2,11-14,16H2,1H3,(H,28,34). The molecular weight excluding hydrogens is 500 g/mol. The molecule has 0 spiro atoms. The van der Waals surface area contributed by atoms with Gasteiger partial charge in [0.1, 0.15) is 10.8 Å². The second-order valence-corrected chi connectivity index (χ2v) is 9.71. The lowest BCUT2D eigenvalue weighted by atomic mass is 10.2. The first kappa shape index (κ1) is 24.2. The Kier molecular flexibility index (Phi) is 7.17. The van der Waals surface area contributed by atoms with Crippen molar-refractivity contribution >= 4 is 39.6 Å². The van der Waals surface area contributed by atoms with E-state index in [0.29, 0.717) is 71.5 Å². The van der Waals surface area contributed by atoms with Gasteiger partial charge in [0.05, 0.1) is 18.0 Å². The Balaban J connectivity index is 1.22. The number of piperazine rings is 1. The number of urea groups is 1. The summed E-state index contributed by atoms with van der Waals surface area (Å²) in [6.07, 6.45) is 0. The number of carbonyl (C=O) groups is 1. The molecule has 1 aliphatic rings. The average Bonchev–Trinajstić information content (AvgIpc) is 3.31. The summed E-state index contributed by atoms with van der Waals surface area (Å²) in [6, 6.07) is 16.1. The van der Waals surface area contributed by atoms with Crippen molar-refractivity contribution in [1.29, 1.82) is 0 Å². The molecule has 9 nitrogen and oxygen atoms in total. The molecule has 2 aromatic carbocycles. The largest absolute Gasteiger partial charge is 0.492 e. The van der Waals surface area contributed by atoms with E-state index in [0.717, 1.165) is 5.56 Å². The van der Waals surface area contributed by atoms with Crippen LogP contribution in [-0.4, -0.2) is 63.2 Å². The van der Waals surface area contributed by atoms with Crippen molar-refractivity contribution in [2.75, 3.05) is 38.1 Å². The molecule has 36 heavy (non-hydrogen) atoms. The van der Waals surface area contributed by atoms with Crippen molar-refractivity contribution in [3.8, 4) is 16.3 Å². The third-order valence-corrected chi connectivity index (χ3v) is 7.07. The molecular formula is C25H25ClN6O3S. The fourth-order valence-corrected chi connectivity index (χ4v) is 5.09. The summed E-state index contributed by atoms with van der Waals surface area (Å²) in [6.45, 7) is 5.48. The minimum absolute atomic E-state index is 0.154. The van der Waals surface area contributed by atoms with Gasteiger partial charge in [-0.05, 0) is 31.2 Å². The number of nitrogens with one attached hydrogen (secondary N) is 1. The molecule has 4 aromatic rings. The second-order valence-electron chi connectivity index (χ2n) is 8.32. The molecule has 0 saturated carbocycles. The van der Waals surface area contributed by atoms with Gasteiger partial charge in [0.2, 0.25) is 4.96 Å². The third-order valence-electron chi connectivity index (χ3n) is 5.86. The molecule has 3 heterocycles. The normalized spacial score (nSPS) is 14.2. The molecule has 0 bridgehead atoms. The van der Waals surface area contributed by atoms with Crippen molar-refractivity contribution in [3.63, 3.8) is 0 Å². The summed E-state index contributed by atoms with van der Waals surface area (Å²) in [5.41, 5.74) is 2.02. The van der Waals surface area contributed by atoms with Crippen LogP contribution in [0.5, 0.6) is 5.75 Å². The number of para-hydroxylation sites is 2. The Labute approximate surface area is 216 Å². The van der Waals surface area contributed by atoms with Crippen LogP contribution in [-0.2, 0) is 6.54 Å². The van der Waals surface area contributed by atoms with Gasteiger partial charge in [-0.15, -0.1) is 0 Å². The van der Waals surface area contributed by atoms with Crippen LogP contribution < -0.4 is 15.6 Å². The number of fused-ring (bicyclic) bond motifs is 1. The fraction of sp³-hybridized carbons (Fsp3) is 0.280. The van der Waals surface area contributed by atoms with Crippen LogP contribution in [0.1, 0.15) is 12.6 Å². The SMILES string of the molecule is CCOc1ccccc1NC(=O)N1CCN(Cc2cc(=O)n3nc(-c4ccc(Cl)cc4)sc3n2)CC1. The summed E-state index contributed by atoms with van der Waals surface area (Å²) in [7, 11) is 0. The zero-order valence-corrected chi connectivity index (χ0v) is 21.3. The van der Waals surface area contributed by atoms with Gasteiger partial charge in [-0.25, -0.2) is 9.78 Å². The quantitative estimate of drug-likeness (QED) is 0.406. The summed E-state index contributed by atoms with van der Waals surface area (Å²) >= 11 is 7.34. The highest BCUT2D eigenvalue weighted by molar-refractivity contribution is 7.19. The summed E-state index contributed by atoms with van der Waals surface area (Å²) in [4.78, 5) is 34.7. The molecule has 0 unspecified atom stereocenters. The minimum atomic E-state index is -0.211. The average molecular weight is 525 g/mol. The molecule has 1 N–H and O–H groups in total. The Morgan fingerprint density at radius 2 is 1.86 bits per heavy atom. The topological polar surface area (TPSA) is 92.1 Å². The molecule has 1 fully saturated rings. The van der Waals surface area contributed by atoms with Gasteiger partial charge in [-0.1, -0.05) is 47.2 Å². The van der Waals surface area contributed by atoms with E-state index in [-0.39, 0.29) is 11.6 Å². The number of anilines is 1. The van der Waals surface area contributed by atoms with Gasteiger partial charge < -0.3 is 15.0 Å². The summed E-state index contributed by atoms with van der Waals surface area (Å²) < 4.78 is 6.93. The first-order valence-corrected chi connectivity index (χ1v) is 12.9. The van der Waals surface area contributed by atoms with Gasteiger partial charge in [0.15, 0.2) is 0 Å². The molecule has 2 amide bonds. The second kappa shape index (κ2) is 10.7. The Morgan fingerprint density at radius 1 is 1.11 bits per heavy atom. The molecule has 11 heteroatoms. The number of benzene rings is 2. The molecule has 1 aliphatic heterocycles. The maximum Gasteiger partial charge on any atom is 0.322 e. The minimum Gasteiger partial charge on any atom is -0.492 e. The number of nitrogens with zero attached hydrogens (tertiary/aromatic N) is 5. The van der Waals surface area contributed by atoms with Crippen LogP contribution in [0, 0.1) is 0 Å². The highest BCUT2D eigenvalue weighted by Crippen LogP contribution is 2.26. The van der Waals surface area contributed by atoms with Crippen LogP contribution in [0.4, 0.5) is 10.5 Å². The highest BCUT2D eigenvalue weighted by atomic mass is 35.5. The fourth-order valence-electron chi connectivity index (χ4n) is 4.03. The monoisotopic (exact) mass is 524 g/mol. The van der Waals surface area contributed by atoms with E-state index in [1.165, 1.54) is 21.9 Å². The third kappa shape index (κ3) is 5.35. The zero-order chi connectivity index (χ0) is 25.1. The molecule has 0 aliphatic carbocycles. The van der Waals surface area contributed by atoms with Crippen LogP contribution in [0.2, 0.25) is 5.02 Å². The van der Waals surface area contributed by atoms with E-state index in [9.17, 15) is 9.59 Å². The molecule has 1 saturated heterocycles. The Bertz CT molecular complexity index is 1430. The van der Waals surface area contributed by atoms with Crippen molar-refractivity contribution < 1.29 is 9.53 Å². The Hall–Kier alpha value is -3.47. The smallest absolute Gasteiger partial charge is 0.322 e. The van der Waals surface area contributed by atoms with Gasteiger partial charge in [-0.3, -0.25) is 9.69 Å². The van der Waals surface area contributed by atoms with Crippen molar-refractivity contribution in [2.45, 2.75) is 13.5 Å². The number of hydrogen-bond acceptors (Lipinski definition) is 7. The first-order chi connectivity index (χ1) is 17.5. The number of ether oxygens (including phenoxy) is 1. The predicted molar refractivity (Wildman–Crippen MR) is 141 cm³/mol. The summed E-state index contributed by atoms with van der Waals surface area (Å²) in [5.74, 6) is 0.655. The predicted octanol–water partition coefficient (Wildman–Crippen LogP) is 4.22. The van der Waals surface area contributed by atoms with E-state index in [1.54, 1.807) is 17.0 Å². The maximum atomic E-state index is 12.8. The van der Waals surface area contributed by atoms with E-state index < -0.39 is 0 Å². The lowest BCUT2D eigenvalue weighted by Gasteiger charge is -2.34. The number of amides is 2. The van der Waals surface area contributed by atoms with E-state index in [1.807, 2.05) is 43.3 Å². The molecule has 186 valence electrons.